The molecule has 0 spiro atoms. The number of carbonyl (C=O) groups is 2. The van der Waals surface area contributed by atoms with Gasteiger partial charge in [0.2, 0.25) is 5.91 Å². The second-order valence-corrected chi connectivity index (χ2v) is 5.85. The number of hydrogen-bond acceptors (Lipinski definition) is 3. The number of carbonyl (C=O) groups excluding carboxylic acids is 1. The normalized spacial score (nSPS) is 26.4. The summed E-state index contributed by atoms with van der Waals surface area (Å²) in [5.74, 6) is -0.867. The van der Waals surface area contributed by atoms with Gasteiger partial charge in [-0.05, 0) is 32.7 Å². The first kappa shape index (κ1) is 14.3. The van der Waals surface area contributed by atoms with Gasteiger partial charge in [-0.2, -0.15) is 0 Å². The predicted octanol–water partition coefficient (Wildman–Crippen LogP) is 1.37. The maximum absolute atomic E-state index is 12.4. The Labute approximate surface area is 114 Å². The topological polar surface area (TPSA) is 69.6 Å². The summed E-state index contributed by atoms with van der Waals surface area (Å²) >= 11 is 0. The summed E-state index contributed by atoms with van der Waals surface area (Å²) in [6.07, 6.45) is 7.39. The fraction of sp³-hybridized carbons (Fsp3) is 0.857. The van der Waals surface area contributed by atoms with Gasteiger partial charge in [0, 0.05) is 18.5 Å². The molecule has 108 valence electrons. The molecule has 5 heteroatoms. The number of hydrogen-bond donors (Lipinski definition) is 2. The van der Waals surface area contributed by atoms with Gasteiger partial charge in [-0.1, -0.05) is 19.3 Å². The van der Waals surface area contributed by atoms with Crippen LogP contribution in [0.3, 0.4) is 0 Å². The van der Waals surface area contributed by atoms with Crippen molar-refractivity contribution >= 4 is 11.9 Å². The standard InChI is InChI=1S/C14H24N2O3/c1-15-14(7-3-2-4-8-14)10-12(17)16-9-5-6-11(16)13(18)19/h11,15H,2-10H2,1H3,(H,18,19)/t11-/m1/s1. The molecule has 1 heterocycles. The minimum absolute atomic E-state index is 0.00106. The Morgan fingerprint density at radius 1 is 1.26 bits per heavy atom. The third-order valence-electron chi connectivity index (χ3n) is 4.69. The van der Waals surface area contributed by atoms with Crippen molar-refractivity contribution in [3.63, 3.8) is 0 Å². The number of nitrogens with zero attached hydrogens (tertiary/aromatic N) is 1. The fourth-order valence-corrected chi connectivity index (χ4v) is 3.46. The van der Waals surface area contributed by atoms with Gasteiger partial charge in [-0.15, -0.1) is 0 Å². The summed E-state index contributed by atoms with van der Waals surface area (Å²) < 4.78 is 0. The molecule has 5 nitrogen and oxygen atoms in total. The van der Waals surface area contributed by atoms with E-state index in [9.17, 15) is 9.59 Å². The molecule has 0 aromatic heterocycles. The summed E-state index contributed by atoms with van der Waals surface area (Å²) in [7, 11) is 1.91. The number of carboxylic acid groups (broad SMARTS) is 1. The largest absolute Gasteiger partial charge is 0.480 e. The van der Waals surface area contributed by atoms with Crippen molar-refractivity contribution in [1.82, 2.24) is 10.2 Å². The van der Waals surface area contributed by atoms with E-state index in [0.717, 1.165) is 32.1 Å². The number of amides is 1. The van der Waals surface area contributed by atoms with Crippen LogP contribution in [-0.2, 0) is 9.59 Å². The molecule has 1 aliphatic heterocycles. The van der Waals surface area contributed by atoms with Crippen molar-refractivity contribution in [2.24, 2.45) is 0 Å². The smallest absolute Gasteiger partial charge is 0.326 e. The molecule has 19 heavy (non-hydrogen) atoms. The van der Waals surface area contributed by atoms with E-state index >= 15 is 0 Å². The van der Waals surface area contributed by atoms with Crippen LogP contribution in [0.2, 0.25) is 0 Å². The first-order chi connectivity index (χ1) is 9.08. The predicted molar refractivity (Wildman–Crippen MR) is 71.9 cm³/mol. The molecule has 0 bridgehead atoms. The van der Waals surface area contributed by atoms with Gasteiger partial charge in [-0.3, -0.25) is 4.79 Å². The number of rotatable bonds is 4. The molecule has 1 atom stereocenters. The number of nitrogens with one attached hydrogen (secondary N) is 1. The lowest BCUT2D eigenvalue weighted by atomic mass is 9.79. The Hall–Kier alpha value is -1.10. The van der Waals surface area contributed by atoms with Gasteiger partial charge in [0.05, 0.1) is 0 Å². The Morgan fingerprint density at radius 3 is 2.53 bits per heavy atom. The minimum Gasteiger partial charge on any atom is -0.480 e. The molecule has 0 radical (unpaired) electrons. The monoisotopic (exact) mass is 268 g/mol. The van der Waals surface area contributed by atoms with Crippen LogP contribution in [0, 0.1) is 0 Å². The third kappa shape index (κ3) is 3.08. The quantitative estimate of drug-likeness (QED) is 0.808. The van der Waals surface area contributed by atoms with E-state index < -0.39 is 12.0 Å². The zero-order chi connectivity index (χ0) is 13.9. The molecule has 1 saturated carbocycles. The highest BCUT2D eigenvalue weighted by Gasteiger charge is 2.39. The van der Waals surface area contributed by atoms with Crippen molar-refractivity contribution in [1.29, 1.82) is 0 Å². The van der Waals surface area contributed by atoms with E-state index in [0.29, 0.717) is 19.4 Å². The average Bonchev–Trinajstić information content (AvgIpc) is 2.89. The van der Waals surface area contributed by atoms with E-state index in [1.54, 1.807) is 4.90 Å². The van der Waals surface area contributed by atoms with Crippen molar-refractivity contribution < 1.29 is 14.7 Å². The van der Waals surface area contributed by atoms with E-state index in [-0.39, 0.29) is 11.4 Å². The summed E-state index contributed by atoms with van der Waals surface area (Å²) in [5.41, 5.74) is -0.110. The SMILES string of the molecule is CNC1(CC(=O)N2CCC[C@@H]2C(=O)O)CCCCC1. The molecule has 0 unspecified atom stereocenters. The summed E-state index contributed by atoms with van der Waals surface area (Å²) in [6, 6.07) is -0.606. The van der Waals surface area contributed by atoms with E-state index in [1.807, 2.05) is 7.05 Å². The highest BCUT2D eigenvalue weighted by molar-refractivity contribution is 5.84. The van der Waals surface area contributed by atoms with Crippen LogP contribution in [0.15, 0.2) is 0 Å². The van der Waals surface area contributed by atoms with Crippen molar-refractivity contribution in [3.8, 4) is 0 Å². The van der Waals surface area contributed by atoms with Crippen molar-refractivity contribution in [3.05, 3.63) is 0 Å². The van der Waals surface area contributed by atoms with Crippen LogP contribution in [-0.4, -0.2) is 47.1 Å². The van der Waals surface area contributed by atoms with Gasteiger partial charge in [0.1, 0.15) is 6.04 Å². The zero-order valence-electron chi connectivity index (χ0n) is 11.7. The first-order valence-electron chi connectivity index (χ1n) is 7.29. The minimum atomic E-state index is -0.868. The molecular weight excluding hydrogens is 244 g/mol. The number of likely N-dealkylation sites (tertiary alicyclic amines) is 1. The first-order valence-corrected chi connectivity index (χ1v) is 7.29. The van der Waals surface area contributed by atoms with Crippen LogP contribution in [0.25, 0.3) is 0 Å². The Morgan fingerprint density at radius 2 is 1.95 bits per heavy atom. The molecular formula is C14H24N2O3. The van der Waals surface area contributed by atoms with Gasteiger partial charge in [-0.25, -0.2) is 4.79 Å². The molecule has 1 saturated heterocycles. The lowest BCUT2D eigenvalue weighted by Gasteiger charge is -2.38. The van der Waals surface area contributed by atoms with Crippen LogP contribution in [0.4, 0.5) is 0 Å². The zero-order valence-corrected chi connectivity index (χ0v) is 11.7. The van der Waals surface area contributed by atoms with Gasteiger partial charge >= 0.3 is 5.97 Å². The average molecular weight is 268 g/mol. The molecule has 2 N–H and O–H groups in total. The summed E-state index contributed by atoms with van der Waals surface area (Å²) in [4.78, 5) is 25.1. The maximum Gasteiger partial charge on any atom is 0.326 e. The highest BCUT2D eigenvalue weighted by atomic mass is 16.4. The van der Waals surface area contributed by atoms with Crippen LogP contribution in [0.5, 0.6) is 0 Å². The molecule has 0 aromatic rings. The fourth-order valence-electron chi connectivity index (χ4n) is 3.46. The van der Waals surface area contributed by atoms with Gasteiger partial charge in [0.25, 0.3) is 0 Å². The van der Waals surface area contributed by atoms with Crippen molar-refractivity contribution in [2.45, 2.75) is 62.9 Å². The number of carboxylic acids is 1. The summed E-state index contributed by atoms with van der Waals surface area (Å²) in [5, 5.41) is 12.5. The Balaban J connectivity index is 2.01. The second-order valence-electron chi connectivity index (χ2n) is 5.85. The van der Waals surface area contributed by atoms with E-state index in [2.05, 4.69) is 5.32 Å². The Kier molecular flexibility index (Phi) is 4.45. The highest BCUT2D eigenvalue weighted by Crippen LogP contribution is 2.32. The van der Waals surface area contributed by atoms with Gasteiger partial charge < -0.3 is 15.3 Å². The molecule has 1 aliphatic carbocycles. The van der Waals surface area contributed by atoms with Gasteiger partial charge in [0.15, 0.2) is 0 Å². The van der Waals surface area contributed by atoms with E-state index in [1.165, 1.54) is 6.42 Å². The molecule has 1 amide bonds. The van der Waals surface area contributed by atoms with Crippen LogP contribution < -0.4 is 5.32 Å². The van der Waals surface area contributed by atoms with Crippen molar-refractivity contribution in [2.75, 3.05) is 13.6 Å². The maximum atomic E-state index is 12.4. The van der Waals surface area contributed by atoms with Crippen LogP contribution >= 0.6 is 0 Å². The molecule has 0 aromatic carbocycles. The molecule has 2 aliphatic rings. The lowest BCUT2D eigenvalue weighted by Crippen LogP contribution is -2.50. The molecule has 2 rings (SSSR count). The summed E-state index contributed by atoms with van der Waals surface area (Å²) in [6.45, 7) is 0.593. The number of aliphatic carboxylic acids is 1. The van der Waals surface area contributed by atoms with E-state index in [4.69, 9.17) is 5.11 Å². The third-order valence-corrected chi connectivity index (χ3v) is 4.69. The lowest BCUT2D eigenvalue weighted by molar-refractivity contribution is -0.149. The van der Waals surface area contributed by atoms with Crippen LogP contribution in [0.1, 0.15) is 51.4 Å². The Bertz CT molecular complexity index is 351. The second kappa shape index (κ2) is 5.90. The molecule has 2 fully saturated rings.